The minimum absolute atomic E-state index is 0.0185. The lowest BCUT2D eigenvalue weighted by Gasteiger charge is -2.19. The van der Waals surface area contributed by atoms with Gasteiger partial charge in [-0.05, 0) is 51.8 Å². The van der Waals surface area contributed by atoms with Gasteiger partial charge in [-0.3, -0.25) is 10.1 Å². The maximum Gasteiger partial charge on any atom is 0.412 e. The third-order valence-electron chi connectivity index (χ3n) is 2.40. The Balaban J connectivity index is 0.000000304. The van der Waals surface area contributed by atoms with Gasteiger partial charge in [0.15, 0.2) is 0 Å². The summed E-state index contributed by atoms with van der Waals surface area (Å²) < 4.78 is 5.09. The summed E-state index contributed by atoms with van der Waals surface area (Å²) in [6, 6.07) is 6.90. The molecule has 116 valence electrons. The predicted molar refractivity (Wildman–Crippen MR) is 81.7 cm³/mol. The topological polar surface area (TPSA) is 75.6 Å². The van der Waals surface area contributed by atoms with E-state index in [0.29, 0.717) is 10.7 Å². The molecule has 1 aromatic rings. The summed E-state index contributed by atoms with van der Waals surface area (Å²) in [5.41, 5.74) is 0.125. The third kappa shape index (κ3) is 8.19. The predicted octanol–water partition coefficient (Wildman–Crippen LogP) is 4.17. The molecular weight excluding hydrogens is 294 g/mol. The van der Waals surface area contributed by atoms with E-state index < -0.39 is 17.7 Å². The van der Waals surface area contributed by atoms with Gasteiger partial charge in [-0.1, -0.05) is 17.7 Å². The number of amides is 1. The first-order valence-corrected chi connectivity index (χ1v) is 7.03. The number of carbonyl (C=O) groups excluding carboxylic acids is 1. The van der Waals surface area contributed by atoms with Crippen molar-refractivity contribution in [1.29, 1.82) is 0 Å². The van der Waals surface area contributed by atoms with Crippen molar-refractivity contribution < 1.29 is 19.4 Å². The molecule has 1 amide bonds. The summed E-state index contributed by atoms with van der Waals surface area (Å²) >= 11 is 5.77. The van der Waals surface area contributed by atoms with Gasteiger partial charge in [0.1, 0.15) is 5.60 Å². The minimum atomic E-state index is -0.630. The maximum absolute atomic E-state index is 11.4. The second-order valence-corrected chi connectivity index (χ2v) is 6.19. The number of hydrogen-bond acceptors (Lipinski definition) is 3. The fourth-order valence-electron chi connectivity index (χ4n) is 1.32. The van der Waals surface area contributed by atoms with Crippen LogP contribution in [0.1, 0.15) is 33.6 Å². The SMILES string of the molecule is CC(C)(C)OC(=O)Nc1cccc(Cl)c1.O=C(O)C1CC1. The highest BCUT2D eigenvalue weighted by molar-refractivity contribution is 6.30. The molecule has 0 radical (unpaired) electrons. The lowest BCUT2D eigenvalue weighted by atomic mass is 10.2. The van der Waals surface area contributed by atoms with Gasteiger partial charge in [0, 0.05) is 10.7 Å². The maximum atomic E-state index is 11.4. The average Bonchev–Trinajstić information content (AvgIpc) is 3.10. The fourth-order valence-corrected chi connectivity index (χ4v) is 1.51. The molecule has 5 nitrogen and oxygen atoms in total. The Morgan fingerprint density at radius 3 is 2.33 bits per heavy atom. The van der Waals surface area contributed by atoms with E-state index in [1.54, 1.807) is 24.3 Å². The van der Waals surface area contributed by atoms with E-state index in [2.05, 4.69) is 5.32 Å². The van der Waals surface area contributed by atoms with Crippen LogP contribution in [-0.2, 0) is 9.53 Å². The molecule has 1 aliphatic rings. The van der Waals surface area contributed by atoms with Crippen LogP contribution in [0.3, 0.4) is 0 Å². The van der Waals surface area contributed by atoms with E-state index in [1.807, 2.05) is 20.8 Å². The molecule has 2 rings (SSSR count). The van der Waals surface area contributed by atoms with Gasteiger partial charge in [-0.15, -0.1) is 0 Å². The first-order chi connectivity index (χ1) is 9.67. The van der Waals surface area contributed by atoms with Crippen molar-refractivity contribution in [2.45, 2.75) is 39.2 Å². The number of aliphatic carboxylic acids is 1. The van der Waals surface area contributed by atoms with Crippen molar-refractivity contribution >= 4 is 29.4 Å². The van der Waals surface area contributed by atoms with Crippen LogP contribution in [0.25, 0.3) is 0 Å². The number of hydrogen-bond donors (Lipinski definition) is 2. The molecule has 0 aliphatic heterocycles. The zero-order valence-corrected chi connectivity index (χ0v) is 13.1. The van der Waals surface area contributed by atoms with E-state index in [-0.39, 0.29) is 5.92 Å². The van der Waals surface area contributed by atoms with Gasteiger partial charge in [-0.2, -0.15) is 0 Å². The van der Waals surface area contributed by atoms with Crippen LogP contribution in [0.4, 0.5) is 10.5 Å². The number of nitrogens with one attached hydrogen (secondary N) is 1. The molecule has 1 aliphatic carbocycles. The summed E-state index contributed by atoms with van der Waals surface area (Å²) in [5, 5.41) is 11.2. The Bertz CT molecular complexity index is 507. The molecule has 0 atom stereocenters. The molecule has 21 heavy (non-hydrogen) atoms. The van der Waals surface area contributed by atoms with Crippen molar-refractivity contribution in [2.24, 2.45) is 5.92 Å². The first-order valence-electron chi connectivity index (χ1n) is 6.66. The van der Waals surface area contributed by atoms with Crippen LogP contribution < -0.4 is 5.32 Å². The summed E-state index contributed by atoms with van der Waals surface area (Å²) in [5.74, 6) is -0.611. The summed E-state index contributed by atoms with van der Waals surface area (Å²) in [6.45, 7) is 5.43. The van der Waals surface area contributed by atoms with Crippen LogP contribution in [-0.4, -0.2) is 22.8 Å². The van der Waals surface area contributed by atoms with Gasteiger partial charge >= 0.3 is 12.1 Å². The van der Waals surface area contributed by atoms with Gasteiger partial charge < -0.3 is 9.84 Å². The number of carboxylic acids is 1. The molecule has 0 aromatic heterocycles. The second-order valence-electron chi connectivity index (χ2n) is 5.75. The van der Waals surface area contributed by atoms with Crippen molar-refractivity contribution in [3.8, 4) is 0 Å². The Labute approximate surface area is 129 Å². The van der Waals surface area contributed by atoms with Crippen LogP contribution in [0.5, 0.6) is 0 Å². The minimum Gasteiger partial charge on any atom is -0.481 e. The average molecular weight is 314 g/mol. The fraction of sp³-hybridized carbons (Fsp3) is 0.467. The molecule has 0 saturated heterocycles. The summed E-state index contributed by atoms with van der Waals surface area (Å²) in [6.07, 6.45) is 1.31. The van der Waals surface area contributed by atoms with E-state index in [4.69, 9.17) is 21.4 Å². The van der Waals surface area contributed by atoms with Crippen LogP contribution in [0, 0.1) is 5.92 Å². The third-order valence-corrected chi connectivity index (χ3v) is 2.63. The van der Waals surface area contributed by atoms with Crippen LogP contribution in [0.15, 0.2) is 24.3 Å². The lowest BCUT2D eigenvalue weighted by Crippen LogP contribution is -2.27. The van der Waals surface area contributed by atoms with E-state index >= 15 is 0 Å². The molecule has 6 heteroatoms. The molecule has 1 fully saturated rings. The number of carboxylic acid groups (broad SMARTS) is 1. The lowest BCUT2D eigenvalue weighted by molar-refractivity contribution is -0.138. The van der Waals surface area contributed by atoms with E-state index in [9.17, 15) is 9.59 Å². The molecule has 0 spiro atoms. The van der Waals surface area contributed by atoms with E-state index in [1.165, 1.54) is 0 Å². The summed E-state index contributed by atoms with van der Waals surface area (Å²) in [4.78, 5) is 21.1. The van der Waals surface area contributed by atoms with Crippen molar-refractivity contribution in [3.05, 3.63) is 29.3 Å². The van der Waals surface area contributed by atoms with Crippen molar-refractivity contribution in [2.75, 3.05) is 5.32 Å². The smallest absolute Gasteiger partial charge is 0.412 e. The number of halogens is 1. The molecule has 0 heterocycles. The molecular formula is C15H20ClNO4. The number of anilines is 1. The second kappa shape index (κ2) is 7.31. The Hall–Kier alpha value is -1.75. The normalized spacial score (nSPS) is 13.7. The Morgan fingerprint density at radius 2 is 1.95 bits per heavy atom. The van der Waals surface area contributed by atoms with Gasteiger partial charge in [0.05, 0.1) is 5.92 Å². The van der Waals surface area contributed by atoms with Crippen molar-refractivity contribution in [3.63, 3.8) is 0 Å². The Kier molecular flexibility index (Phi) is 6.03. The first kappa shape index (κ1) is 17.3. The van der Waals surface area contributed by atoms with Crippen LogP contribution >= 0.6 is 11.6 Å². The monoisotopic (exact) mass is 313 g/mol. The van der Waals surface area contributed by atoms with Gasteiger partial charge in [0.25, 0.3) is 0 Å². The number of benzene rings is 1. The zero-order chi connectivity index (χ0) is 16.0. The van der Waals surface area contributed by atoms with Crippen molar-refractivity contribution in [1.82, 2.24) is 0 Å². The zero-order valence-electron chi connectivity index (χ0n) is 12.4. The highest BCUT2D eigenvalue weighted by atomic mass is 35.5. The van der Waals surface area contributed by atoms with Gasteiger partial charge in [0.2, 0.25) is 0 Å². The van der Waals surface area contributed by atoms with Gasteiger partial charge in [-0.25, -0.2) is 4.79 Å². The number of ether oxygens (including phenoxy) is 1. The number of rotatable bonds is 2. The highest BCUT2D eigenvalue weighted by Crippen LogP contribution is 2.28. The Morgan fingerprint density at radius 1 is 1.33 bits per heavy atom. The molecule has 0 bridgehead atoms. The molecule has 1 aromatic carbocycles. The molecule has 2 N–H and O–H groups in total. The quantitative estimate of drug-likeness (QED) is 0.859. The van der Waals surface area contributed by atoms with E-state index in [0.717, 1.165) is 12.8 Å². The molecule has 1 saturated carbocycles. The standard InChI is InChI=1S/C11H14ClNO2.C4H6O2/c1-11(2,3)15-10(14)13-9-6-4-5-8(12)7-9;5-4(6)3-1-2-3/h4-7H,1-3H3,(H,13,14);3H,1-2H2,(H,5,6). The highest BCUT2D eigenvalue weighted by Gasteiger charge is 2.28. The van der Waals surface area contributed by atoms with Crippen LogP contribution in [0.2, 0.25) is 5.02 Å². The summed E-state index contributed by atoms with van der Waals surface area (Å²) in [7, 11) is 0. The number of carbonyl (C=O) groups is 2. The molecule has 0 unspecified atom stereocenters. The largest absolute Gasteiger partial charge is 0.481 e.